The predicted molar refractivity (Wildman–Crippen MR) is 91.5 cm³/mol. The summed E-state index contributed by atoms with van der Waals surface area (Å²) >= 11 is 0. The van der Waals surface area contributed by atoms with E-state index in [1.165, 1.54) is 22.3 Å². The van der Waals surface area contributed by atoms with Gasteiger partial charge in [0.15, 0.2) is 0 Å². The maximum atomic E-state index is 12.1. The van der Waals surface area contributed by atoms with Crippen molar-refractivity contribution in [3.05, 3.63) is 53.6 Å². The minimum Gasteiger partial charge on any atom is -0.378 e. The van der Waals surface area contributed by atoms with Crippen molar-refractivity contribution >= 4 is 11.6 Å². The van der Waals surface area contributed by atoms with E-state index in [1.54, 1.807) is 0 Å². The van der Waals surface area contributed by atoms with Crippen LogP contribution in [0.2, 0.25) is 0 Å². The Kier molecular flexibility index (Phi) is 3.88. The minimum atomic E-state index is 0.0796. The first-order valence-electron chi connectivity index (χ1n) is 8.42. The van der Waals surface area contributed by atoms with E-state index in [-0.39, 0.29) is 12.0 Å². The molecule has 1 heterocycles. The summed E-state index contributed by atoms with van der Waals surface area (Å²) in [5, 5.41) is 3.03. The van der Waals surface area contributed by atoms with Crippen molar-refractivity contribution in [2.24, 2.45) is 0 Å². The Labute approximate surface area is 136 Å². The summed E-state index contributed by atoms with van der Waals surface area (Å²) in [6.45, 7) is 0.845. The van der Waals surface area contributed by atoms with Crippen LogP contribution in [0.1, 0.15) is 36.8 Å². The second kappa shape index (κ2) is 6.17. The lowest BCUT2D eigenvalue weighted by atomic mass is 10.1. The molecule has 1 aliphatic carbocycles. The molecule has 0 bridgehead atoms. The Morgan fingerprint density at radius 1 is 1.13 bits per heavy atom. The minimum absolute atomic E-state index is 0.0796. The summed E-state index contributed by atoms with van der Waals surface area (Å²) in [4.78, 5) is 12.1. The van der Waals surface area contributed by atoms with E-state index in [0.717, 1.165) is 38.0 Å². The second-order valence-electron chi connectivity index (χ2n) is 6.43. The molecule has 1 atom stereocenters. The molecular formula is C20H21NO2. The van der Waals surface area contributed by atoms with Gasteiger partial charge in [-0.1, -0.05) is 30.3 Å². The molecule has 1 fully saturated rings. The molecule has 1 N–H and O–H groups in total. The lowest BCUT2D eigenvalue weighted by molar-refractivity contribution is -0.116. The van der Waals surface area contributed by atoms with E-state index < -0.39 is 0 Å². The van der Waals surface area contributed by atoms with Gasteiger partial charge in [0.25, 0.3) is 0 Å². The lowest BCUT2D eigenvalue weighted by Gasteiger charge is -2.10. The van der Waals surface area contributed by atoms with Crippen LogP contribution in [0.3, 0.4) is 0 Å². The van der Waals surface area contributed by atoms with E-state index in [1.807, 2.05) is 6.07 Å². The van der Waals surface area contributed by atoms with Crippen LogP contribution in [0, 0.1) is 0 Å². The number of carbonyl (C=O) groups excluding carboxylic acids is 1. The van der Waals surface area contributed by atoms with Gasteiger partial charge in [-0.15, -0.1) is 0 Å². The van der Waals surface area contributed by atoms with Gasteiger partial charge in [-0.05, 0) is 60.1 Å². The molecule has 1 aliphatic heterocycles. The van der Waals surface area contributed by atoms with Crippen molar-refractivity contribution in [2.45, 2.75) is 38.2 Å². The second-order valence-corrected chi connectivity index (χ2v) is 6.43. The monoisotopic (exact) mass is 307 g/mol. The molecule has 0 saturated carbocycles. The Morgan fingerprint density at radius 3 is 2.87 bits per heavy atom. The van der Waals surface area contributed by atoms with Crippen molar-refractivity contribution in [3.63, 3.8) is 0 Å². The normalized spacial score (nSPS) is 18.5. The van der Waals surface area contributed by atoms with Gasteiger partial charge in [0.05, 0.1) is 6.10 Å². The summed E-state index contributed by atoms with van der Waals surface area (Å²) in [7, 11) is 0. The van der Waals surface area contributed by atoms with Crippen LogP contribution in [-0.4, -0.2) is 18.6 Å². The molecule has 0 radical (unpaired) electrons. The van der Waals surface area contributed by atoms with Gasteiger partial charge in [-0.3, -0.25) is 4.79 Å². The van der Waals surface area contributed by atoms with Crippen LogP contribution in [0.5, 0.6) is 0 Å². The standard InChI is InChI=1S/C20H21NO2/c22-20(10-8-17-5-3-11-23-17)21-16-7-9-19-15(13-16)12-14-4-1-2-6-18(14)19/h1-2,4,6-7,9,13,17H,3,5,8,10-12H2,(H,21,22). The first-order valence-corrected chi connectivity index (χ1v) is 8.42. The number of carbonyl (C=O) groups is 1. The summed E-state index contributed by atoms with van der Waals surface area (Å²) in [5.74, 6) is 0.0796. The van der Waals surface area contributed by atoms with Gasteiger partial charge in [0.2, 0.25) is 5.91 Å². The third-order valence-corrected chi connectivity index (χ3v) is 4.79. The van der Waals surface area contributed by atoms with Crippen LogP contribution < -0.4 is 5.32 Å². The van der Waals surface area contributed by atoms with Crippen molar-refractivity contribution in [2.75, 3.05) is 11.9 Å². The number of nitrogens with one attached hydrogen (secondary N) is 1. The fourth-order valence-corrected chi connectivity index (χ4v) is 3.61. The van der Waals surface area contributed by atoms with Gasteiger partial charge in [-0.2, -0.15) is 0 Å². The molecule has 2 aromatic rings. The summed E-state index contributed by atoms with van der Waals surface area (Å²) in [5.41, 5.74) is 6.16. The molecule has 2 aliphatic rings. The van der Waals surface area contributed by atoms with Gasteiger partial charge in [0, 0.05) is 18.7 Å². The number of fused-ring (bicyclic) bond motifs is 3. The molecule has 1 amide bonds. The predicted octanol–water partition coefficient (Wildman–Crippen LogP) is 4.16. The zero-order valence-corrected chi connectivity index (χ0v) is 13.2. The van der Waals surface area contributed by atoms with Gasteiger partial charge in [0.1, 0.15) is 0 Å². The highest BCUT2D eigenvalue weighted by atomic mass is 16.5. The number of amides is 1. The van der Waals surface area contributed by atoms with E-state index >= 15 is 0 Å². The first-order chi connectivity index (χ1) is 11.3. The average Bonchev–Trinajstić information content (AvgIpc) is 3.20. The van der Waals surface area contributed by atoms with Gasteiger partial charge >= 0.3 is 0 Å². The SMILES string of the molecule is O=C(CCC1CCCO1)Nc1ccc2c(c1)Cc1ccccc1-2. The molecule has 1 unspecified atom stereocenters. The fourth-order valence-electron chi connectivity index (χ4n) is 3.61. The quantitative estimate of drug-likeness (QED) is 0.786. The van der Waals surface area contributed by atoms with Crippen molar-refractivity contribution in [1.82, 2.24) is 0 Å². The maximum Gasteiger partial charge on any atom is 0.224 e. The fraction of sp³-hybridized carbons (Fsp3) is 0.350. The Balaban J connectivity index is 1.41. The van der Waals surface area contributed by atoms with Crippen LogP contribution in [-0.2, 0) is 16.0 Å². The average molecular weight is 307 g/mol. The lowest BCUT2D eigenvalue weighted by Crippen LogP contribution is -2.15. The Bertz CT molecular complexity index is 732. The number of hydrogen-bond acceptors (Lipinski definition) is 2. The van der Waals surface area contributed by atoms with Crippen LogP contribution in [0.15, 0.2) is 42.5 Å². The highest BCUT2D eigenvalue weighted by Crippen LogP contribution is 2.37. The molecular weight excluding hydrogens is 286 g/mol. The molecule has 0 spiro atoms. The molecule has 3 nitrogen and oxygen atoms in total. The van der Waals surface area contributed by atoms with Crippen LogP contribution in [0.25, 0.3) is 11.1 Å². The summed E-state index contributed by atoms with van der Waals surface area (Å²) in [6.07, 6.45) is 4.78. The van der Waals surface area contributed by atoms with Gasteiger partial charge in [-0.25, -0.2) is 0 Å². The number of anilines is 1. The van der Waals surface area contributed by atoms with E-state index in [0.29, 0.717) is 6.42 Å². The van der Waals surface area contributed by atoms with Crippen molar-refractivity contribution in [1.29, 1.82) is 0 Å². The number of hydrogen-bond donors (Lipinski definition) is 1. The van der Waals surface area contributed by atoms with Gasteiger partial charge < -0.3 is 10.1 Å². The maximum absolute atomic E-state index is 12.1. The number of ether oxygens (including phenoxy) is 1. The van der Waals surface area contributed by atoms with Crippen molar-refractivity contribution < 1.29 is 9.53 Å². The highest BCUT2D eigenvalue weighted by molar-refractivity contribution is 5.91. The van der Waals surface area contributed by atoms with E-state index in [2.05, 4.69) is 41.7 Å². The third kappa shape index (κ3) is 3.02. The molecule has 0 aromatic heterocycles. The largest absolute Gasteiger partial charge is 0.378 e. The Hall–Kier alpha value is -2.13. The molecule has 118 valence electrons. The summed E-state index contributed by atoms with van der Waals surface area (Å²) < 4.78 is 5.57. The smallest absolute Gasteiger partial charge is 0.224 e. The molecule has 1 saturated heterocycles. The highest BCUT2D eigenvalue weighted by Gasteiger charge is 2.19. The molecule has 3 heteroatoms. The van der Waals surface area contributed by atoms with Crippen LogP contribution >= 0.6 is 0 Å². The zero-order valence-electron chi connectivity index (χ0n) is 13.2. The van der Waals surface area contributed by atoms with Crippen molar-refractivity contribution in [3.8, 4) is 11.1 Å². The zero-order chi connectivity index (χ0) is 15.6. The number of benzene rings is 2. The first kappa shape index (κ1) is 14.5. The summed E-state index contributed by atoms with van der Waals surface area (Å²) in [6, 6.07) is 14.7. The topological polar surface area (TPSA) is 38.3 Å². The molecule has 23 heavy (non-hydrogen) atoms. The number of rotatable bonds is 4. The molecule has 2 aromatic carbocycles. The van der Waals surface area contributed by atoms with E-state index in [9.17, 15) is 4.79 Å². The molecule has 4 rings (SSSR count). The Morgan fingerprint density at radius 2 is 2.00 bits per heavy atom. The van der Waals surface area contributed by atoms with E-state index in [4.69, 9.17) is 4.74 Å². The third-order valence-electron chi connectivity index (χ3n) is 4.79. The van der Waals surface area contributed by atoms with Crippen LogP contribution in [0.4, 0.5) is 5.69 Å².